The van der Waals surface area contributed by atoms with E-state index >= 15 is 0 Å². The quantitative estimate of drug-likeness (QED) is 0.313. The summed E-state index contributed by atoms with van der Waals surface area (Å²) in [6, 6.07) is 0.491. The predicted octanol–water partition coefficient (Wildman–Crippen LogP) is 2.63. The van der Waals surface area contributed by atoms with Gasteiger partial charge in [-0.25, -0.2) is 9.79 Å². The fraction of sp³-hybridized carbons (Fsp3) is 0.789. The van der Waals surface area contributed by atoms with Gasteiger partial charge >= 0.3 is 6.09 Å². The molecule has 166 valence electrons. The molecule has 1 aliphatic rings. The number of carbonyl (C=O) groups is 1. The normalized spacial score (nSPS) is 19.9. The van der Waals surface area contributed by atoms with E-state index < -0.39 is 5.60 Å². The monoisotopic (exact) mass is 521 g/mol. The molecular weight excluding hydrogens is 485 g/mol. The minimum atomic E-state index is -0.471. The van der Waals surface area contributed by atoms with Crippen molar-refractivity contribution in [2.75, 3.05) is 6.54 Å². The minimum Gasteiger partial charge on any atom is -0.444 e. The second-order valence-electron chi connectivity index (χ2n) is 8.26. The van der Waals surface area contributed by atoms with E-state index in [1.54, 1.807) is 0 Å². The number of ether oxygens (including phenoxy) is 1. The summed E-state index contributed by atoms with van der Waals surface area (Å²) in [5.41, 5.74) is -0.471. The van der Waals surface area contributed by atoms with Gasteiger partial charge in [-0.2, -0.15) is 0 Å². The topological polar surface area (TPSA) is 105 Å². The molecule has 0 unspecified atom stereocenters. The van der Waals surface area contributed by atoms with Crippen LogP contribution in [0.25, 0.3) is 0 Å². The Hall–Kier alpha value is -1.59. The summed E-state index contributed by atoms with van der Waals surface area (Å²) in [5, 5.41) is 18.0. The highest BCUT2D eigenvalue weighted by Gasteiger charge is 2.25. The molecular formula is C19H36IN7O2. The van der Waals surface area contributed by atoms with Gasteiger partial charge in [0.05, 0.1) is 0 Å². The zero-order chi connectivity index (χ0) is 20.7. The van der Waals surface area contributed by atoms with Crippen molar-refractivity contribution in [2.45, 2.75) is 84.5 Å². The third-order valence-electron chi connectivity index (χ3n) is 4.69. The molecule has 0 spiro atoms. The van der Waals surface area contributed by atoms with E-state index in [1.807, 2.05) is 46.2 Å². The molecule has 1 aromatic rings. The smallest absolute Gasteiger partial charge is 0.407 e. The van der Waals surface area contributed by atoms with Crippen LogP contribution in [-0.2, 0) is 18.3 Å². The van der Waals surface area contributed by atoms with Gasteiger partial charge in [0.1, 0.15) is 18.0 Å². The van der Waals surface area contributed by atoms with Crippen LogP contribution in [-0.4, -0.2) is 51.0 Å². The fourth-order valence-electron chi connectivity index (χ4n) is 3.11. The summed E-state index contributed by atoms with van der Waals surface area (Å²) in [4.78, 5) is 16.6. The number of nitrogens with zero attached hydrogens (tertiary/aromatic N) is 4. The van der Waals surface area contributed by atoms with Gasteiger partial charge in [-0.3, -0.25) is 0 Å². The summed E-state index contributed by atoms with van der Waals surface area (Å²) in [5.74, 6) is 2.49. The van der Waals surface area contributed by atoms with E-state index in [0.717, 1.165) is 49.8 Å². The van der Waals surface area contributed by atoms with Gasteiger partial charge < -0.3 is 25.3 Å². The molecule has 0 aromatic carbocycles. The average Bonchev–Trinajstić information content (AvgIpc) is 2.92. The second kappa shape index (κ2) is 11.6. The van der Waals surface area contributed by atoms with Gasteiger partial charge in [-0.15, -0.1) is 34.2 Å². The first-order valence-electron chi connectivity index (χ1n) is 10.1. The number of hydrogen-bond acceptors (Lipinski definition) is 5. The van der Waals surface area contributed by atoms with Gasteiger partial charge in [-0.05, 0) is 60.3 Å². The largest absolute Gasteiger partial charge is 0.444 e. The average molecular weight is 521 g/mol. The molecule has 0 aliphatic heterocycles. The van der Waals surface area contributed by atoms with Crippen LogP contribution in [0.3, 0.4) is 0 Å². The fourth-order valence-corrected chi connectivity index (χ4v) is 3.11. The summed E-state index contributed by atoms with van der Waals surface area (Å²) in [6.45, 7) is 10.9. The Morgan fingerprint density at radius 2 is 1.76 bits per heavy atom. The van der Waals surface area contributed by atoms with Crippen molar-refractivity contribution in [3.05, 3.63) is 11.6 Å². The lowest BCUT2D eigenvalue weighted by molar-refractivity contribution is 0.0490. The Morgan fingerprint density at radius 1 is 1.17 bits per heavy atom. The molecule has 1 saturated carbocycles. The molecule has 10 heteroatoms. The van der Waals surface area contributed by atoms with E-state index in [4.69, 9.17) is 4.74 Å². The van der Waals surface area contributed by atoms with Crippen molar-refractivity contribution in [1.82, 2.24) is 30.7 Å². The second-order valence-corrected chi connectivity index (χ2v) is 8.26. The molecule has 9 nitrogen and oxygen atoms in total. The lowest BCUT2D eigenvalue weighted by Crippen LogP contribution is -2.48. The molecule has 1 heterocycles. The number of aromatic nitrogens is 3. The Labute approximate surface area is 190 Å². The maximum Gasteiger partial charge on any atom is 0.407 e. The Morgan fingerprint density at radius 3 is 2.24 bits per heavy atom. The van der Waals surface area contributed by atoms with Gasteiger partial charge in [-0.1, -0.05) is 0 Å². The number of rotatable bonds is 5. The summed E-state index contributed by atoms with van der Waals surface area (Å²) < 4.78 is 7.29. The number of aliphatic imine (C=N–C) groups is 1. The Bertz CT molecular complexity index is 677. The van der Waals surface area contributed by atoms with Crippen molar-refractivity contribution >= 4 is 36.0 Å². The van der Waals surface area contributed by atoms with Crippen molar-refractivity contribution in [1.29, 1.82) is 0 Å². The predicted molar refractivity (Wildman–Crippen MR) is 125 cm³/mol. The number of hydrogen-bond donors (Lipinski definition) is 3. The van der Waals surface area contributed by atoms with Crippen molar-refractivity contribution in [3.8, 4) is 0 Å². The molecule has 3 N–H and O–H groups in total. The maximum atomic E-state index is 11.9. The van der Waals surface area contributed by atoms with Gasteiger partial charge in [0, 0.05) is 25.7 Å². The third-order valence-corrected chi connectivity index (χ3v) is 4.69. The molecule has 2 rings (SSSR count). The molecule has 0 saturated heterocycles. The van der Waals surface area contributed by atoms with E-state index in [0.29, 0.717) is 12.6 Å². The van der Waals surface area contributed by atoms with Gasteiger partial charge in [0.25, 0.3) is 0 Å². The van der Waals surface area contributed by atoms with Crippen LogP contribution in [0.5, 0.6) is 0 Å². The van der Waals surface area contributed by atoms with Crippen LogP contribution in [0.4, 0.5) is 4.79 Å². The first-order chi connectivity index (χ1) is 13.2. The van der Waals surface area contributed by atoms with E-state index in [9.17, 15) is 4.79 Å². The number of alkyl carbamates (subject to hydrolysis) is 1. The van der Waals surface area contributed by atoms with Crippen molar-refractivity contribution < 1.29 is 9.53 Å². The molecule has 1 aromatic heterocycles. The van der Waals surface area contributed by atoms with Gasteiger partial charge in [0.15, 0.2) is 11.8 Å². The number of halogens is 1. The molecule has 1 aliphatic carbocycles. The third kappa shape index (κ3) is 8.75. The minimum absolute atomic E-state index is 0. The number of aryl methyl sites for hydroxylation is 1. The van der Waals surface area contributed by atoms with Crippen LogP contribution in [0.15, 0.2) is 4.99 Å². The highest BCUT2D eigenvalue weighted by atomic mass is 127. The maximum absolute atomic E-state index is 11.9. The van der Waals surface area contributed by atoms with E-state index in [-0.39, 0.29) is 36.1 Å². The summed E-state index contributed by atoms with van der Waals surface area (Å²) >= 11 is 0. The van der Waals surface area contributed by atoms with Gasteiger partial charge in [0.2, 0.25) is 0 Å². The summed E-state index contributed by atoms with van der Waals surface area (Å²) in [6.07, 6.45) is 3.43. The van der Waals surface area contributed by atoms with Crippen molar-refractivity contribution in [2.24, 2.45) is 12.0 Å². The molecule has 0 atom stereocenters. The zero-order valence-electron chi connectivity index (χ0n) is 18.4. The SMILES string of the molecule is CCNC(=NCc1nnc(C)n1C)NC1CCC(NC(=O)OC(C)(C)C)CC1.I. The first kappa shape index (κ1) is 25.4. The molecule has 1 fully saturated rings. The number of guanidine groups is 1. The molecule has 0 radical (unpaired) electrons. The standard InChI is InChI=1S/C19H35N7O2.HI/c1-7-20-17(21-12-16-25-24-13(2)26(16)6)22-14-8-10-15(11-9-14)23-18(27)28-19(3,4)5;/h14-15H,7-12H2,1-6H3,(H,23,27)(H2,20,21,22);1H. The highest BCUT2D eigenvalue weighted by Crippen LogP contribution is 2.19. The van der Waals surface area contributed by atoms with Crippen LogP contribution in [0, 0.1) is 6.92 Å². The lowest BCUT2D eigenvalue weighted by Gasteiger charge is -2.31. The van der Waals surface area contributed by atoms with Crippen LogP contribution < -0.4 is 16.0 Å². The number of carbonyl (C=O) groups excluding carboxylic acids is 1. The van der Waals surface area contributed by atoms with Crippen LogP contribution in [0.2, 0.25) is 0 Å². The zero-order valence-corrected chi connectivity index (χ0v) is 20.7. The summed E-state index contributed by atoms with van der Waals surface area (Å²) in [7, 11) is 1.94. The molecule has 29 heavy (non-hydrogen) atoms. The highest BCUT2D eigenvalue weighted by molar-refractivity contribution is 14.0. The van der Waals surface area contributed by atoms with E-state index in [1.165, 1.54) is 0 Å². The number of nitrogens with one attached hydrogen (secondary N) is 3. The van der Waals surface area contributed by atoms with Crippen molar-refractivity contribution in [3.63, 3.8) is 0 Å². The van der Waals surface area contributed by atoms with Crippen LogP contribution in [0.1, 0.15) is 65.0 Å². The first-order valence-corrected chi connectivity index (χ1v) is 10.1. The number of amides is 1. The Balaban J connectivity index is 0.00000420. The molecule has 1 amide bonds. The molecule has 0 bridgehead atoms. The van der Waals surface area contributed by atoms with E-state index in [2.05, 4.69) is 31.1 Å². The van der Waals surface area contributed by atoms with Crippen LogP contribution >= 0.6 is 24.0 Å². The Kier molecular flexibility index (Phi) is 10.1. The lowest BCUT2D eigenvalue weighted by atomic mass is 9.91.